The van der Waals surface area contributed by atoms with Crippen molar-refractivity contribution in [2.45, 2.75) is 32.6 Å². The van der Waals surface area contributed by atoms with Crippen LogP contribution in [0.3, 0.4) is 0 Å². The highest BCUT2D eigenvalue weighted by atomic mass is 16.1. The summed E-state index contributed by atoms with van der Waals surface area (Å²) >= 11 is 0. The van der Waals surface area contributed by atoms with Crippen LogP contribution in [0.15, 0.2) is 0 Å². The van der Waals surface area contributed by atoms with Crippen molar-refractivity contribution in [3.8, 4) is 0 Å². The third-order valence-electron chi connectivity index (χ3n) is 2.92. The van der Waals surface area contributed by atoms with Gasteiger partial charge in [0.05, 0.1) is 0 Å². The van der Waals surface area contributed by atoms with Gasteiger partial charge in [0.15, 0.2) is 0 Å². The molecule has 0 unspecified atom stereocenters. The van der Waals surface area contributed by atoms with E-state index in [4.69, 9.17) is 0 Å². The van der Waals surface area contributed by atoms with E-state index in [1.54, 1.807) is 14.0 Å². The minimum atomic E-state index is 0.127. The maximum Gasteiger partial charge on any atom is 0.222 e. The first-order valence-electron chi connectivity index (χ1n) is 4.87. The number of hydrogen-bond acceptors (Lipinski definition) is 2. The van der Waals surface area contributed by atoms with Crippen LogP contribution in [-0.4, -0.2) is 18.7 Å². The van der Waals surface area contributed by atoms with Gasteiger partial charge in [-0.05, 0) is 32.6 Å². The SMILES string of the molecule is CNC(=O)C1CCC(C(C)=O)CC1. The zero-order chi connectivity index (χ0) is 9.84. The molecule has 0 aromatic rings. The van der Waals surface area contributed by atoms with Gasteiger partial charge >= 0.3 is 0 Å². The van der Waals surface area contributed by atoms with Gasteiger partial charge in [-0.3, -0.25) is 9.59 Å². The van der Waals surface area contributed by atoms with Gasteiger partial charge in [-0.2, -0.15) is 0 Å². The number of nitrogens with one attached hydrogen (secondary N) is 1. The molecule has 74 valence electrons. The molecule has 0 atom stereocenters. The van der Waals surface area contributed by atoms with Crippen LogP contribution < -0.4 is 5.32 Å². The van der Waals surface area contributed by atoms with Crippen LogP contribution in [0, 0.1) is 11.8 Å². The molecule has 0 saturated heterocycles. The molecule has 1 aliphatic carbocycles. The number of Topliss-reactive ketones (excluding diaryl/α,β-unsaturated/α-hetero) is 1. The lowest BCUT2D eigenvalue weighted by molar-refractivity contribution is -0.128. The van der Waals surface area contributed by atoms with Gasteiger partial charge in [0.25, 0.3) is 0 Å². The zero-order valence-electron chi connectivity index (χ0n) is 8.30. The number of carbonyl (C=O) groups excluding carboxylic acids is 2. The summed E-state index contributed by atoms with van der Waals surface area (Å²) in [4.78, 5) is 22.3. The molecule has 1 fully saturated rings. The van der Waals surface area contributed by atoms with E-state index in [9.17, 15) is 9.59 Å². The van der Waals surface area contributed by atoms with Gasteiger partial charge in [-0.1, -0.05) is 0 Å². The molecule has 0 aromatic heterocycles. The minimum absolute atomic E-state index is 0.127. The van der Waals surface area contributed by atoms with Crippen molar-refractivity contribution < 1.29 is 9.59 Å². The molecular weight excluding hydrogens is 166 g/mol. The van der Waals surface area contributed by atoms with Gasteiger partial charge < -0.3 is 5.32 Å². The fourth-order valence-electron chi connectivity index (χ4n) is 1.97. The fraction of sp³-hybridized carbons (Fsp3) is 0.800. The first-order chi connectivity index (χ1) is 6.15. The lowest BCUT2D eigenvalue weighted by atomic mass is 9.80. The van der Waals surface area contributed by atoms with Crippen molar-refractivity contribution >= 4 is 11.7 Å². The standard InChI is InChI=1S/C10H17NO2/c1-7(12)8-3-5-9(6-4-8)10(13)11-2/h8-9H,3-6H2,1-2H3,(H,11,13). The minimum Gasteiger partial charge on any atom is -0.359 e. The molecule has 13 heavy (non-hydrogen) atoms. The summed E-state index contributed by atoms with van der Waals surface area (Å²) in [5.74, 6) is 0.749. The van der Waals surface area contributed by atoms with Gasteiger partial charge in [0.2, 0.25) is 5.91 Å². The second-order valence-electron chi connectivity index (χ2n) is 3.77. The molecule has 0 spiro atoms. The summed E-state index contributed by atoms with van der Waals surface area (Å²) in [6.45, 7) is 1.64. The normalized spacial score (nSPS) is 28.2. The van der Waals surface area contributed by atoms with E-state index in [1.165, 1.54) is 0 Å². The van der Waals surface area contributed by atoms with Crippen molar-refractivity contribution in [3.63, 3.8) is 0 Å². The Morgan fingerprint density at radius 3 is 1.92 bits per heavy atom. The van der Waals surface area contributed by atoms with E-state index in [0.717, 1.165) is 25.7 Å². The predicted octanol–water partition coefficient (Wildman–Crippen LogP) is 1.13. The summed E-state index contributed by atoms with van der Waals surface area (Å²) in [6, 6.07) is 0. The average molecular weight is 183 g/mol. The first-order valence-corrected chi connectivity index (χ1v) is 4.87. The Morgan fingerprint density at radius 2 is 1.54 bits per heavy atom. The maximum atomic E-state index is 11.2. The van der Waals surface area contributed by atoms with Gasteiger partial charge in [-0.15, -0.1) is 0 Å². The molecule has 1 amide bonds. The Kier molecular flexibility index (Phi) is 3.46. The van der Waals surface area contributed by atoms with Crippen LogP contribution in [0.25, 0.3) is 0 Å². The van der Waals surface area contributed by atoms with E-state index in [2.05, 4.69) is 5.32 Å². The molecule has 3 nitrogen and oxygen atoms in total. The van der Waals surface area contributed by atoms with Crippen LogP contribution in [0.1, 0.15) is 32.6 Å². The average Bonchev–Trinajstić information content (AvgIpc) is 2.17. The molecule has 0 bridgehead atoms. The molecule has 0 aromatic carbocycles. The van der Waals surface area contributed by atoms with Crippen LogP contribution in [0.2, 0.25) is 0 Å². The molecule has 3 heteroatoms. The number of rotatable bonds is 2. The maximum absolute atomic E-state index is 11.2. The molecule has 1 saturated carbocycles. The zero-order valence-corrected chi connectivity index (χ0v) is 8.30. The van der Waals surface area contributed by atoms with Crippen LogP contribution in [0.5, 0.6) is 0 Å². The Morgan fingerprint density at radius 1 is 1.08 bits per heavy atom. The largest absolute Gasteiger partial charge is 0.359 e. The van der Waals surface area contributed by atoms with E-state index >= 15 is 0 Å². The lowest BCUT2D eigenvalue weighted by Crippen LogP contribution is -2.31. The third kappa shape index (κ3) is 2.54. The molecular formula is C10H17NO2. The number of amides is 1. The predicted molar refractivity (Wildman–Crippen MR) is 50.2 cm³/mol. The second-order valence-corrected chi connectivity index (χ2v) is 3.77. The van der Waals surface area contributed by atoms with Crippen molar-refractivity contribution in [3.05, 3.63) is 0 Å². The van der Waals surface area contributed by atoms with E-state index < -0.39 is 0 Å². The summed E-state index contributed by atoms with van der Waals surface area (Å²) in [5, 5.41) is 2.65. The Bertz CT molecular complexity index is 205. The van der Waals surface area contributed by atoms with E-state index in [0.29, 0.717) is 0 Å². The molecule has 1 N–H and O–H groups in total. The molecule has 0 radical (unpaired) electrons. The summed E-state index contributed by atoms with van der Waals surface area (Å²) < 4.78 is 0. The van der Waals surface area contributed by atoms with E-state index in [-0.39, 0.29) is 23.5 Å². The monoisotopic (exact) mass is 183 g/mol. The topological polar surface area (TPSA) is 46.2 Å². The molecule has 0 aliphatic heterocycles. The van der Waals surface area contributed by atoms with Gasteiger partial charge in [-0.25, -0.2) is 0 Å². The first kappa shape index (κ1) is 10.2. The highest BCUT2D eigenvalue weighted by Gasteiger charge is 2.27. The van der Waals surface area contributed by atoms with Gasteiger partial charge in [0.1, 0.15) is 5.78 Å². The molecule has 1 aliphatic rings. The third-order valence-corrected chi connectivity index (χ3v) is 2.92. The summed E-state index contributed by atoms with van der Waals surface area (Å²) in [5.41, 5.74) is 0. The smallest absolute Gasteiger partial charge is 0.222 e. The second kappa shape index (κ2) is 4.40. The van der Waals surface area contributed by atoms with Crippen molar-refractivity contribution in [1.82, 2.24) is 5.32 Å². The van der Waals surface area contributed by atoms with Crippen molar-refractivity contribution in [2.75, 3.05) is 7.05 Å². The quantitative estimate of drug-likeness (QED) is 0.697. The van der Waals surface area contributed by atoms with Gasteiger partial charge in [0, 0.05) is 18.9 Å². The lowest BCUT2D eigenvalue weighted by Gasteiger charge is -2.25. The number of carbonyl (C=O) groups is 2. The molecule has 1 rings (SSSR count). The Hall–Kier alpha value is -0.860. The summed E-state index contributed by atoms with van der Waals surface area (Å²) in [7, 11) is 1.67. The molecule has 0 heterocycles. The van der Waals surface area contributed by atoms with Crippen molar-refractivity contribution in [1.29, 1.82) is 0 Å². The highest BCUT2D eigenvalue weighted by Crippen LogP contribution is 2.29. The fourth-order valence-corrected chi connectivity index (χ4v) is 1.97. The Balaban J connectivity index is 2.39. The summed E-state index contributed by atoms with van der Waals surface area (Å²) in [6.07, 6.45) is 3.49. The number of ketones is 1. The highest BCUT2D eigenvalue weighted by molar-refractivity contribution is 5.80. The van der Waals surface area contributed by atoms with Crippen LogP contribution in [0.4, 0.5) is 0 Å². The van der Waals surface area contributed by atoms with E-state index in [1.807, 2.05) is 0 Å². The van der Waals surface area contributed by atoms with Crippen LogP contribution >= 0.6 is 0 Å². The van der Waals surface area contributed by atoms with Crippen LogP contribution in [-0.2, 0) is 9.59 Å². The number of hydrogen-bond donors (Lipinski definition) is 1. The Labute approximate surface area is 78.9 Å². The van der Waals surface area contributed by atoms with Crippen molar-refractivity contribution in [2.24, 2.45) is 11.8 Å².